The highest BCUT2D eigenvalue weighted by Crippen LogP contribution is 2.36. The van der Waals surface area contributed by atoms with Crippen molar-refractivity contribution >= 4 is 271 Å². The van der Waals surface area contributed by atoms with Crippen LogP contribution in [0, 0.1) is 0 Å². The van der Waals surface area contributed by atoms with Crippen LogP contribution in [-0.2, 0) is 59.3 Å². The summed E-state index contributed by atoms with van der Waals surface area (Å²) in [4.78, 5) is 106. The lowest BCUT2D eigenvalue weighted by Gasteiger charge is -2.15. The van der Waals surface area contributed by atoms with E-state index >= 15 is 0 Å². The summed E-state index contributed by atoms with van der Waals surface area (Å²) in [5, 5.41) is 45.5. The number of rotatable bonds is 22. The Balaban J connectivity index is 0.000000147. The number of amides is 12. The predicted molar refractivity (Wildman–Crippen MR) is 496 cm³/mol. The first-order valence-corrected chi connectivity index (χ1v) is 47.8. The van der Waals surface area contributed by atoms with Crippen molar-refractivity contribution in [3.63, 3.8) is 0 Å². The Bertz CT molecular complexity index is 6780. The van der Waals surface area contributed by atoms with E-state index in [1.165, 1.54) is 101 Å². The third-order valence-corrected chi connectivity index (χ3v) is 30.0. The average Bonchev–Trinajstić information content (AvgIpc) is 1.67. The molecule has 0 radical (unpaired) electrons. The first-order chi connectivity index (χ1) is 61.5. The highest BCUT2D eigenvalue weighted by Gasteiger charge is 2.33. The molecule has 12 amide bonds. The molecule has 10 heterocycles. The van der Waals surface area contributed by atoms with Gasteiger partial charge in [-0.2, -0.15) is 35.4 Å². The van der Waals surface area contributed by atoms with E-state index in [2.05, 4.69) is 72.5 Å². The Morgan fingerprint density at radius 1 is 0.333 bits per heavy atom. The van der Waals surface area contributed by atoms with Crippen LogP contribution >= 0.6 is 103 Å². The molecule has 0 aliphatic carbocycles. The molecule has 38 nitrogen and oxygen atoms in total. The number of urea groups is 4. The minimum absolute atomic E-state index is 0.0143. The highest BCUT2D eigenvalue weighted by atomic mass is 35.5. The summed E-state index contributed by atoms with van der Waals surface area (Å²) in [5.41, 5.74) is 8.99. The van der Waals surface area contributed by atoms with Crippen molar-refractivity contribution in [2.75, 3.05) is 66.0 Å². The number of hydrogen-bond donors (Lipinski definition) is 10. The minimum Gasteiger partial charge on any atom is -0.388 e. The van der Waals surface area contributed by atoms with E-state index in [1.54, 1.807) is 31.3 Å². The van der Waals surface area contributed by atoms with Gasteiger partial charge in [0, 0.05) is 48.0 Å². The van der Waals surface area contributed by atoms with Crippen LogP contribution in [0.3, 0.4) is 0 Å². The van der Waals surface area contributed by atoms with E-state index in [1.807, 2.05) is 135 Å². The molecule has 662 valence electrons. The quantitative estimate of drug-likeness (QED) is 0.0301. The van der Waals surface area contributed by atoms with Crippen LogP contribution in [0.1, 0.15) is 47.9 Å². The monoisotopic (exact) mass is 1990 g/mol. The van der Waals surface area contributed by atoms with Gasteiger partial charge in [-0.25, -0.2) is 86.7 Å². The van der Waals surface area contributed by atoms with Crippen molar-refractivity contribution in [3.8, 4) is 0 Å². The standard InChI is InChI=1S/C21H17Cl2N5O4S2.C21H18ClN5O4S2.2C18H13ClN6O4S2/c1-24-13-4-2-3-12(9-13)16-11-19(29)28(26-16)17-6-5-14(10-15(17)22)25-21(30)27-34(31,32)20-8-7-18(23)33-20;1-23-15-4-2-3-13(11-15)17-12-19(28)27(25-17)16-7-5-14(6-8-16)24-21(29)26-33(30,31)20-10-9-18(22)32-20;19-13-6-9-17(30-13)31(28,29)24-18(27)20-14-7-8-15(22-21-14)25-16(26)10-12(23-25)11-4-2-1-3-5-11;19-13-6-7-17(30-13)31(28,29)24-18(27)22-14-9-21-15(10-20-14)25-16(26)8-12(23-25)11-4-2-1-3-5-11/h2-10,24H,11H2,1H3,(H2,25,27,30);2-11,23H,12H2,1H3,(H2,24,26,29);1-9H,10H2,(H2,20,21,24,27);1-7,9-10H,8H2,(H2,20,22,24,27). The largest absolute Gasteiger partial charge is 0.388 e. The highest BCUT2D eigenvalue weighted by molar-refractivity contribution is 7.93. The van der Waals surface area contributed by atoms with E-state index in [9.17, 15) is 72.0 Å². The molecular weight excluding hydrogens is 1930 g/mol. The van der Waals surface area contributed by atoms with Crippen LogP contribution < -0.4 is 70.8 Å². The number of nitrogens with one attached hydrogen (secondary N) is 10. The molecule has 4 aliphatic rings. The second-order valence-electron chi connectivity index (χ2n) is 26.3. The van der Waals surface area contributed by atoms with Gasteiger partial charge in [0.2, 0.25) is 0 Å². The van der Waals surface area contributed by atoms with Crippen LogP contribution in [0.4, 0.5) is 76.6 Å². The zero-order chi connectivity index (χ0) is 92.1. The zero-order valence-electron chi connectivity index (χ0n) is 65.7. The maximum absolute atomic E-state index is 12.6. The fourth-order valence-corrected chi connectivity index (χ4v) is 21.4. The molecule has 0 spiro atoms. The van der Waals surface area contributed by atoms with Crippen LogP contribution in [0.25, 0.3) is 0 Å². The first-order valence-electron chi connectivity index (χ1n) is 36.8. The summed E-state index contributed by atoms with van der Waals surface area (Å²) < 4.78 is 106. The molecule has 16 rings (SSSR count). The number of hydrogen-bond acceptors (Lipinski definition) is 30. The van der Waals surface area contributed by atoms with Gasteiger partial charge in [-0.1, -0.05) is 143 Å². The van der Waals surface area contributed by atoms with Crippen LogP contribution in [0.5, 0.6) is 0 Å². The SMILES string of the molecule is CNc1cccc(C2=NN(c3ccc(NC(=O)NS(=O)(=O)c4ccc(Cl)s4)cc3)C(=O)C2)c1.CNc1cccc(C2=NN(c3ccc(NC(=O)NS(=O)(=O)c4ccc(Cl)s4)cc3Cl)C(=O)C2)c1.O=C(Nc1ccc(N2N=C(c3ccccc3)CC2=O)nn1)NS(=O)(=O)c1ccc(Cl)s1.O=C(Nc1cnc(N2N=C(c3ccccc3)CC2=O)cn1)NS(=O)(=O)c1ccc(Cl)s1. The van der Waals surface area contributed by atoms with Gasteiger partial charge in [-0.05, 0) is 139 Å². The molecular formula is C78H61Cl5N22O16S8. The average molecular weight is 2000 g/mol. The summed E-state index contributed by atoms with van der Waals surface area (Å²) in [6, 6.07) is 54.1. The molecule has 12 aromatic rings. The number of aromatic nitrogens is 4. The number of carbonyl (C=O) groups is 8. The van der Waals surface area contributed by atoms with Crippen molar-refractivity contribution in [1.29, 1.82) is 0 Å². The van der Waals surface area contributed by atoms with Crippen LogP contribution in [0.15, 0.2) is 262 Å². The van der Waals surface area contributed by atoms with Crippen molar-refractivity contribution in [3.05, 3.63) is 269 Å². The topological polar surface area (TPSA) is 507 Å². The molecule has 0 unspecified atom stereocenters. The van der Waals surface area contributed by atoms with Gasteiger partial charge in [0.25, 0.3) is 63.7 Å². The van der Waals surface area contributed by atoms with Gasteiger partial charge in [-0.15, -0.1) is 55.5 Å². The Morgan fingerprint density at radius 3 is 1.10 bits per heavy atom. The van der Waals surface area contributed by atoms with E-state index in [0.717, 1.165) is 89.0 Å². The van der Waals surface area contributed by atoms with Crippen molar-refractivity contribution in [2.24, 2.45) is 20.4 Å². The number of nitrogens with zero attached hydrogens (tertiary/aromatic N) is 12. The maximum atomic E-state index is 12.6. The smallest absolute Gasteiger partial charge is 0.334 e. The van der Waals surface area contributed by atoms with Crippen molar-refractivity contribution in [1.82, 2.24) is 39.1 Å². The van der Waals surface area contributed by atoms with Gasteiger partial charge >= 0.3 is 24.1 Å². The van der Waals surface area contributed by atoms with Gasteiger partial charge < -0.3 is 21.3 Å². The number of hydrazone groups is 4. The number of benzene rings is 6. The molecule has 129 heavy (non-hydrogen) atoms. The summed E-state index contributed by atoms with van der Waals surface area (Å²) in [5.74, 6) is -0.672. The van der Waals surface area contributed by atoms with Gasteiger partial charge in [0.15, 0.2) is 23.3 Å². The van der Waals surface area contributed by atoms with Gasteiger partial charge in [0.1, 0.15) is 16.8 Å². The Hall–Kier alpha value is -13.2. The Morgan fingerprint density at radius 2 is 0.705 bits per heavy atom. The van der Waals surface area contributed by atoms with Crippen molar-refractivity contribution < 1.29 is 72.0 Å². The molecule has 0 fully saturated rings. The fraction of sp³-hybridized carbons (Fsp3) is 0.0769. The number of thiophene rings is 4. The molecule has 6 aromatic heterocycles. The number of anilines is 10. The van der Waals surface area contributed by atoms with Crippen LogP contribution in [-0.4, -0.2) is 139 Å². The third kappa shape index (κ3) is 24.2. The van der Waals surface area contributed by atoms with E-state index < -0.39 is 64.2 Å². The first kappa shape index (κ1) is 93.4. The lowest BCUT2D eigenvalue weighted by atomic mass is 10.1. The third-order valence-electron chi connectivity index (χ3n) is 17.5. The second kappa shape index (κ2) is 40.8. The molecule has 6 aromatic carbocycles. The number of carbonyl (C=O) groups excluding carboxylic acids is 8. The molecule has 0 saturated carbocycles. The van der Waals surface area contributed by atoms with Crippen molar-refractivity contribution in [2.45, 2.75) is 42.5 Å². The molecule has 4 aliphatic heterocycles. The maximum Gasteiger partial charge on any atom is 0.334 e. The lowest BCUT2D eigenvalue weighted by molar-refractivity contribution is -0.117. The van der Waals surface area contributed by atoms with E-state index in [4.69, 9.17) is 58.0 Å². The summed E-state index contributed by atoms with van der Waals surface area (Å²) in [7, 11) is -12.6. The summed E-state index contributed by atoms with van der Waals surface area (Å²) >= 11 is 32.6. The fourth-order valence-electron chi connectivity index (χ4n) is 11.6. The summed E-state index contributed by atoms with van der Waals surface area (Å²) in [6.07, 6.45) is 2.96. The van der Waals surface area contributed by atoms with Gasteiger partial charge in [0.05, 0.1) is 94.7 Å². The molecule has 0 bridgehead atoms. The molecule has 10 N–H and O–H groups in total. The summed E-state index contributed by atoms with van der Waals surface area (Å²) in [6.45, 7) is 0. The van der Waals surface area contributed by atoms with Gasteiger partial charge in [-0.3, -0.25) is 29.8 Å². The van der Waals surface area contributed by atoms with E-state index in [-0.39, 0.29) is 113 Å². The van der Waals surface area contributed by atoms with E-state index in [0.29, 0.717) is 44.2 Å². The Kier molecular flexibility index (Phi) is 29.6. The number of sulfonamides is 4. The normalized spacial score (nSPS) is 13.7. The lowest BCUT2D eigenvalue weighted by Crippen LogP contribution is -2.34. The predicted octanol–water partition coefficient (Wildman–Crippen LogP) is 14.5. The molecule has 51 heteroatoms. The molecule has 0 saturated heterocycles. The Labute approximate surface area is 774 Å². The number of halogens is 5. The second-order valence-corrected chi connectivity index (χ2v) is 41.2. The minimum atomic E-state index is -4.07. The zero-order valence-corrected chi connectivity index (χ0v) is 76.1. The molecule has 0 atom stereocenters. The van der Waals surface area contributed by atoms with Crippen LogP contribution in [0.2, 0.25) is 22.4 Å².